The molecule has 1 amide bonds. The molecule has 3 N–H and O–H groups in total. The Morgan fingerprint density at radius 1 is 1.30 bits per heavy atom. The Balaban J connectivity index is 3.00. The van der Waals surface area contributed by atoms with E-state index in [9.17, 15) is 14.7 Å². The molecule has 1 rings (SSSR count). The van der Waals surface area contributed by atoms with Crippen molar-refractivity contribution >= 4 is 11.9 Å². The Morgan fingerprint density at radius 3 is 2.30 bits per heavy atom. The number of amides is 1. The maximum atomic E-state index is 12.8. The van der Waals surface area contributed by atoms with Crippen LogP contribution in [0.4, 0.5) is 0 Å². The molecule has 0 aromatic heterocycles. The molecule has 20 heavy (non-hydrogen) atoms. The lowest BCUT2D eigenvalue weighted by molar-refractivity contribution is -0.149. The Hall–Kier alpha value is -1.14. The number of likely N-dealkylation sites (N-methyl/N-ethyl adjacent to an activating group) is 1. The van der Waals surface area contributed by atoms with Crippen LogP contribution in [0, 0.1) is 11.3 Å². The predicted octanol–water partition coefficient (Wildman–Crippen LogP) is 0.700. The lowest BCUT2D eigenvalue weighted by atomic mass is 9.80. The summed E-state index contributed by atoms with van der Waals surface area (Å²) >= 11 is 0. The number of nitrogens with two attached hydrogens (primary N) is 1. The van der Waals surface area contributed by atoms with Gasteiger partial charge in [0.1, 0.15) is 5.92 Å². The Kier molecular flexibility index (Phi) is 5.95. The van der Waals surface area contributed by atoms with Crippen LogP contribution in [0.5, 0.6) is 0 Å². The number of carbonyl (C=O) groups is 2. The number of carboxylic acids is 1. The van der Waals surface area contributed by atoms with E-state index in [0.29, 0.717) is 19.4 Å². The second-order valence-corrected chi connectivity index (χ2v) is 5.33. The van der Waals surface area contributed by atoms with Crippen molar-refractivity contribution in [1.82, 2.24) is 4.90 Å². The molecule has 6 nitrogen and oxygen atoms in total. The van der Waals surface area contributed by atoms with Crippen molar-refractivity contribution in [3.63, 3.8) is 0 Å². The molecule has 1 aliphatic heterocycles. The highest BCUT2D eigenvalue weighted by Crippen LogP contribution is 2.31. The van der Waals surface area contributed by atoms with Crippen LogP contribution in [0.1, 0.15) is 33.6 Å². The zero-order valence-corrected chi connectivity index (χ0v) is 12.6. The molecule has 0 aliphatic carbocycles. The number of carbonyl (C=O) groups excluding carboxylic acids is 1. The maximum absolute atomic E-state index is 12.8. The summed E-state index contributed by atoms with van der Waals surface area (Å²) in [7, 11) is 0. The molecule has 0 radical (unpaired) electrons. The first-order valence-corrected chi connectivity index (χ1v) is 7.29. The summed E-state index contributed by atoms with van der Waals surface area (Å²) in [6, 6.07) is -0.394. The first-order chi connectivity index (χ1) is 9.47. The number of rotatable bonds is 7. The second kappa shape index (κ2) is 7.04. The Labute approximate surface area is 120 Å². The minimum Gasteiger partial charge on any atom is -0.481 e. The average molecular weight is 286 g/mol. The number of ether oxygens (including phenoxy) is 1. The second-order valence-electron chi connectivity index (χ2n) is 5.33. The molecule has 0 aromatic carbocycles. The smallest absolute Gasteiger partial charge is 0.311 e. The lowest BCUT2D eigenvalue weighted by Gasteiger charge is -2.38. The van der Waals surface area contributed by atoms with Crippen LogP contribution in [-0.4, -0.2) is 54.2 Å². The zero-order valence-electron chi connectivity index (χ0n) is 12.6. The first kappa shape index (κ1) is 16.9. The summed E-state index contributed by atoms with van der Waals surface area (Å²) in [5.74, 6) is -1.61. The number of aliphatic carboxylic acids is 1. The van der Waals surface area contributed by atoms with Crippen LogP contribution in [0.25, 0.3) is 0 Å². The van der Waals surface area contributed by atoms with E-state index in [1.54, 1.807) is 4.90 Å². The van der Waals surface area contributed by atoms with Crippen LogP contribution in [0.15, 0.2) is 0 Å². The van der Waals surface area contributed by atoms with Gasteiger partial charge in [-0.15, -0.1) is 0 Å². The molecule has 0 spiro atoms. The molecule has 0 bridgehead atoms. The van der Waals surface area contributed by atoms with Gasteiger partial charge in [0.2, 0.25) is 5.91 Å². The third kappa shape index (κ3) is 2.96. The highest BCUT2D eigenvalue weighted by Gasteiger charge is 2.44. The third-order valence-electron chi connectivity index (χ3n) is 4.57. The van der Waals surface area contributed by atoms with E-state index in [4.69, 9.17) is 10.5 Å². The fourth-order valence-corrected chi connectivity index (χ4v) is 2.85. The molecule has 2 unspecified atom stereocenters. The highest BCUT2D eigenvalue weighted by atomic mass is 16.5. The number of carboxylic acid groups (broad SMARTS) is 1. The van der Waals surface area contributed by atoms with Crippen molar-refractivity contribution in [3.8, 4) is 0 Å². The number of hydrogen-bond donors (Lipinski definition) is 2. The summed E-state index contributed by atoms with van der Waals surface area (Å²) in [6.45, 7) is 6.95. The van der Waals surface area contributed by atoms with Gasteiger partial charge in [-0.05, 0) is 19.8 Å². The fraction of sp³-hybridized carbons (Fsp3) is 0.857. The van der Waals surface area contributed by atoms with Crippen LogP contribution in [0.3, 0.4) is 0 Å². The topological polar surface area (TPSA) is 92.9 Å². The van der Waals surface area contributed by atoms with E-state index < -0.39 is 23.3 Å². The lowest BCUT2D eigenvalue weighted by Crippen LogP contribution is -2.54. The monoisotopic (exact) mass is 286 g/mol. The van der Waals surface area contributed by atoms with Gasteiger partial charge in [0.15, 0.2) is 0 Å². The summed E-state index contributed by atoms with van der Waals surface area (Å²) in [5, 5.41) is 9.24. The average Bonchev–Trinajstić information content (AvgIpc) is 2.92. The van der Waals surface area contributed by atoms with Gasteiger partial charge in [-0.1, -0.05) is 13.8 Å². The van der Waals surface area contributed by atoms with Crippen molar-refractivity contribution in [2.45, 2.75) is 39.7 Å². The van der Waals surface area contributed by atoms with Crippen molar-refractivity contribution in [1.29, 1.82) is 0 Å². The van der Waals surface area contributed by atoms with Gasteiger partial charge in [0, 0.05) is 13.1 Å². The van der Waals surface area contributed by atoms with Gasteiger partial charge < -0.3 is 20.5 Å². The highest BCUT2D eigenvalue weighted by molar-refractivity contribution is 5.84. The van der Waals surface area contributed by atoms with E-state index in [1.807, 2.05) is 20.8 Å². The van der Waals surface area contributed by atoms with E-state index >= 15 is 0 Å². The van der Waals surface area contributed by atoms with Crippen molar-refractivity contribution < 1.29 is 19.4 Å². The minimum absolute atomic E-state index is 0.0470. The van der Waals surface area contributed by atoms with Crippen LogP contribution in [0.2, 0.25) is 0 Å². The molecule has 1 aliphatic rings. The summed E-state index contributed by atoms with van der Waals surface area (Å²) in [6.07, 6.45) is 1.31. The minimum atomic E-state index is -0.912. The van der Waals surface area contributed by atoms with Gasteiger partial charge >= 0.3 is 5.97 Å². The van der Waals surface area contributed by atoms with Crippen LogP contribution in [-0.2, 0) is 14.3 Å². The van der Waals surface area contributed by atoms with E-state index in [2.05, 4.69) is 0 Å². The number of nitrogens with zero attached hydrogens (tertiary/aromatic N) is 1. The van der Waals surface area contributed by atoms with E-state index in [1.165, 1.54) is 0 Å². The van der Waals surface area contributed by atoms with Gasteiger partial charge in [-0.3, -0.25) is 9.59 Å². The van der Waals surface area contributed by atoms with Crippen molar-refractivity contribution in [2.24, 2.45) is 17.1 Å². The van der Waals surface area contributed by atoms with Crippen molar-refractivity contribution in [2.75, 3.05) is 26.3 Å². The molecule has 0 saturated carbocycles. The van der Waals surface area contributed by atoms with Crippen LogP contribution >= 0.6 is 0 Å². The van der Waals surface area contributed by atoms with Crippen molar-refractivity contribution in [3.05, 3.63) is 0 Å². The third-order valence-corrected chi connectivity index (χ3v) is 4.57. The zero-order chi connectivity index (χ0) is 15.3. The molecule has 116 valence electrons. The normalized spacial score (nSPS) is 22.8. The summed E-state index contributed by atoms with van der Waals surface area (Å²) in [5.41, 5.74) is 5.22. The van der Waals surface area contributed by atoms with Gasteiger partial charge in [-0.2, -0.15) is 0 Å². The maximum Gasteiger partial charge on any atom is 0.311 e. The SMILES string of the molecule is CCN(C(=O)C(CC)(CC)CN)C1COCC1C(=O)O. The predicted molar refractivity (Wildman–Crippen MR) is 75.2 cm³/mol. The molecule has 6 heteroatoms. The molecule has 2 atom stereocenters. The molecule has 1 saturated heterocycles. The molecule has 0 aromatic rings. The first-order valence-electron chi connectivity index (χ1n) is 7.29. The molecular weight excluding hydrogens is 260 g/mol. The van der Waals surface area contributed by atoms with E-state index in [-0.39, 0.29) is 25.7 Å². The van der Waals surface area contributed by atoms with Crippen LogP contribution < -0.4 is 5.73 Å². The molecule has 1 fully saturated rings. The number of hydrogen-bond acceptors (Lipinski definition) is 4. The van der Waals surface area contributed by atoms with Gasteiger partial charge in [0.25, 0.3) is 0 Å². The summed E-state index contributed by atoms with van der Waals surface area (Å²) < 4.78 is 5.27. The fourth-order valence-electron chi connectivity index (χ4n) is 2.85. The largest absolute Gasteiger partial charge is 0.481 e. The van der Waals surface area contributed by atoms with E-state index in [0.717, 1.165) is 0 Å². The quantitative estimate of drug-likeness (QED) is 0.718. The van der Waals surface area contributed by atoms with Gasteiger partial charge in [-0.25, -0.2) is 0 Å². The summed E-state index contributed by atoms with van der Waals surface area (Å²) in [4.78, 5) is 25.8. The molecule has 1 heterocycles. The van der Waals surface area contributed by atoms with Gasteiger partial charge in [0.05, 0.1) is 24.7 Å². The Morgan fingerprint density at radius 2 is 1.90 bits per heavy atom. The molecular formula is C14H26N2O4. The standard InChI is InChI=1S/C14H26N2O4/c1-4-14(5-2,9-15)13(19)16(6-3)11-8-20-7-10(11)12(17)18/h10-11H,4-9,15H2,1-3H3,(H,17,18). The Bertz CT molecular complexity index is 347.